The molecule has 0 unspecified atom stereocenters. The molecule has 0 saturated heterocycles. The van der Waals surface area contributed by atoms with Gasteiger partial charge >= 0.3 is 5.97 Å². The molecule has 25 heavy (non-hydrogen) atoms. The molecule has 0 fully saturated rings. The third kappa shape index (κ3) is 3.25. The molecule has 1 aromatic carbocycles. The van der Waals surface area contributed by atoms with Gasteiger partial charge in [-0.3, -0.25) is 0 Å². The fraction of sp³-hybridized carbons (Fsp3) is 0.217. The molecule has 0 aliphatic heterocycles. The van der Waals surface area contributed by atoms with E-state index in [9.17, 15) is 4.79 Å². The summed E-state index contributed by atoms with van der Waals surface area (Å²) in [7, 11) is 0. The van der Waals surface area contributed by atoms with E-state index in [-0.39, 0.29) is 0 Å². The average Bonchev–Trinajstić information content (AvgIpc) is 2.81. The van der Waals surface area contributed by atoms with Gasteiger partial charge in [-0.15, -0.1) is 0 Å². The summed E-state index contributed by atoms with van der Waals surface area (Å²) < 4.78 is 6.92. The first-order chi connectivity index (χ1) is 12.4. The summed E-state index contributed by atoms with van der Waals surface area (Å²) in [5.74, 6) is -0.187. The average molecular weight is 332 g/mol. The standard InChI is InChI=1S/C23H22O2/c1-14(2)17-10-9-15(3)22-19(11-16(4)21(22)13-17)12-18-7-5-6-8-20(18)23(24)25/h5-14H,1-4H3/p+1/i/hD. The summed E-state index contributed by atoms with van der Waals surface area (Å²) in [5.41, 5.74) is 8.39. The zero-order valence-corrected chi connectivity index (χ0v) is 15.1. The number of carboxylic acid groups (broad SMARTS) is 1. The fourth-order valence-electron chi connectivity index (χ4n) is 3.33. The molecule has 0 atom stereocenters. The number of carboxylic acids is 1. The molecule has 2 aliphatic carbocycles. The molecule has 1 N–H and O–H groups in total. The largest absolute Gasteiger partial charge is 0.472 e. The van der Waals surface area contributed by atoms with Crippen LogP contribution in [-0.2, 0) is 0 Å². The van der Waals surface area contributed by atoms with Crippen molar-refractivity contribution in [1.82, 2.24) is 0 Å². The SMILES string of the molecule is [2H]OC(=O)c1ccccc1[CH+]c1cc(C)c2cc(C(C)C)ccc(C)c1-2. The lowest BCUT2D eigenvalue weighted by atomic mass is 9.96. The monoisotopic (exact) mass is 332 g/mol. The molecule has 2 heteroatoms. The molecule has 0 aromatic heterocycles. The van der Waals surface area contributed by atoms with Crippen LogP contribution in [0, 0.1) is 20.3 Å². The van der Waals surface area contributed by atoms with Gasteiger partial charge in [-0.05, 0) is 60.7 Å². The second-order valence-electron chi connectivity index (χ2n) is 6.91. The summed E-state index contributed by atoms with van der Waals surface area (Å²) >= 11 is 0. The predicted octanol–water partition coefficient (Wildman–Crippen LogP) is 5.83. The Morgan fingerprint density at radius 2 is 1.80 bits per heavy atom. The van der Waals surface area contributed by atoms with E-state index in [0.717, 1.165) is 11.1 Å². The van der Waals surface area contributed by atoms with Crippen molar-refractivity contribution in [3.05, 3.63) is 88.3 Å². The molecule has 2 nitrogen and oxygen atoms in total. The van der Waals surface area contributed by atoms with E-state index in [2.05, 4.69) is 57.1 Å². The number of carbonyl (C=O) groups is 1. The minimum Gasteiger partial charge on any atom is -0.472 e. The summed E-state index contributed by atoms with van der Waals surface area (Å²) in [5, 5.41) is 4.18. The van der Waals surface area contributed by atoms with Gasteiger partial charge in [0.2, 0.25) is 0 Å². The van der Waals surface area contributed by atoms with Crippen LogP contribution in [0.5, 0.6) is 0 Å². The quantitative estimate of drug-likeness (QED) is 0.610. The lowest BCUT2D eigenvalue weighted by Gasteiger charge is -2.03. The normalized spacial score (nSPS) is 11.5. The number of hydrogen-bond acceptors (Lipinski definition) is 2. The Labute approximate surface area is 151 Å². The molecule has 0 amide bonds. The third-order valence-electron chi connectivity index (χ3n) is 4.74. The van der Waals surface area contributed by atoms with Gasteiger partial charge in [-0.1, -0.05) is 26.0 Å². The number of benzene rings is 1. The molecular weight excluding hydrogens is 308 g/mol. The third-order valence-corrected chi connectivity index (χ3v) is 4.74. The summed E-state index contributed by atoms with van der Waals surface area (Å²) in [6, 6.07) is 16.0. The van der Waals surface area contributed by atoms with Crippen molar-refractivity contribution in [3.63, 3.8) is 0 Å². The number of aromatic carboxylic acids is 1. The van der Waals surface area contributed by atoms with Crippen LogP contribution in [0.15, 0.2) is 48.5 Å². The van der Waals surface area contributed by atoms with Crippen LogP contribution >= 0.6 is 0 Å². The van der Waals surface area contributed by atoms with Gasteiger partial charge in [0.15, 0.2) is 0 Å². The number of hydrogen-bond donors (Lipinski definition) is 1. The minimum absolute atomic E-state index is 0.398. The highest BCUT2D eigenvalue weighted by Crippen LogP contribution is 2.38. The van der Waals surface area contributed by atoms with Crippen LogP contribution in [0.2, 0.25) is 0 Å². The molecule has 126 valence electrons. The van der Waals surface area contributed by atoms with E-state index in [4.69, 9.17) is 1.43 Å². The van der Waals surface area contributed by atoms with E-state index in [1.807, 2.05) is 18.6 Å². The number of aryl methyl sites for hydroxylation is 2. The molecule has 0 spiro atoms. The van der Waals surface area contributed by atoms with E-state index < -0.39 is 5.97 Å². The van der Waals surface area contributed by atoms with E-state index in [0.29, 0.717) is 11.5 Å². The van der Waals surface area contributed by atoms with Crippen molar-refractivity contribution >= 4 is 5.97 Å². The highest BCUT2D eigenvalue weighted by Gasteiger charge is 2.24. The topological polar surface area (TPSA) is 37.3 Å². The Hall–Kier alpha value is -2.74. The van der Waals surface area contributed by atoms with Crippen molar-refractivity contribution in [3.8, 4) is 11.1 Å². The Kier molecular flexibility index (Phi) is 4.19. The first-order valence-corrected chi connectivity index (χ1v) is 8.57. The zero-order valence-electron chi connectivity index (χ0n) is 16.1. The van der Waals surface area contributed by atoms with Gasteiger partial charge in [0.05, 0.1) is 16.7 Å². The summed E-state index contributed by atoms with van der Waals surface area (Å²) in [6.07, 6.45) is 2.00. The van der Waals surface area contributed by atoms with Crippen LogP contribution in [0.3, 0.4) is 0 Å². The molecule has 0 bridgehead atoms. The maximum atomic E-state index is 11.9. The van der Waals surface area contributed by atoms with Crippen molar-refractivity contribution in [2.45, 2.75) is 33.6 Å². The number of rotatable bonds is 4. The van der Waals surface area contributed by atoms with Crippen LogP contribution in [0.25, 0.3) is 12.6 Å². The van der Waals surface area contributed by atoms with Crippen LogP contribution in [-0.4, -0.2) is 11.1 Å². The second kappa shape index (κ2) is 6.64. The van der Waals surface area contributed by atoms with Gasteiger partial charge in [0.25, 0.3) is 1.43 Å². The molecule has 1 aromatic rings. The van der Waals surface area contributed by atoms with Gasteiger partial charge in [-0.2, -0.15) is 0 Å². The molecule has 0 saturated carbocycles. The van der Waals surface area contributed by atoms with Crippen LogP contribution < -0.4 is 0 Å². The van der Waals surface area contributed by atoms with Crippen LogP contribution in [0.4, 0.5) is 0 Å². The molecule has 3 rings (SSSR count). The Morgan fingerprint density at radius 3 is 2.52 bits per heavy atom. The van der Waals surface area contributed by atoms with Crippen molar-refractivity contribution < 1.29 is 9.90 Å². The van der Waals surface area contributed by atoms with E-state index >= 15 is 0 Å². The first kappa shape index (κ1) is 15.8. The van der Waals surface area contributed by atoms with Gasteiger partial charge in [0.1, 0.15) is 5.56 Å². The predicted molar refractivity (Wildman–Crippen MR) is 103 cm³/mol. The second-order valence-corrected chi connectivity index (χ2v) is 6.91. The van der Waals surface area contributed by atoms with Crippen molar-refractivity contribution in [2.24, 2.45) is 0 Å². The number of fused-ring (bicyclic) bond motifs is 1. The molecular formula is C23H23O2+. The zero-order chi connectivity index (χ0) is 18.8. The van der Waals surface area contributed by atoms with E-state index in [1.165, 1.54) is 27.8 Å². The lowest BCUT2D eigenvalue weighted by Crippen LogP contribution is -2.01. The molecule has 0 heterocycles. The smallest absolute Gasteiger partial charge is 0.371 e. The van der Waals surface area contributed by atoms with Crippen molar-refractivity contribution in [2.75, 3.05) is 0 Å². The highest BCUT2D eigenvalue weighted by atomic mass is 16.4. The Bertz CT molecular complexity index is 928. The Morgan fingerprint density at radius 1 is 1.04 bits per heavy atom. The minimum atomic E-state index is -0.645. The highest BCUT2D eigenvalue weighted by molar-refractivity contribution is 5.91. The van der Waals surface area contributed by atoms with Crippen LogP contribution in [0.1, 0.15) is 57.9 Å². The van der Waals surface area contributed by atoms with E-state index in [1.54, 1.807) is 12.1 Å². The van der Waals surface area contributed by atoms with Gasteiger partial charge < -0.3 is 5.11 Å². The van der Waals surface area contributed by atoms with Gasteiger partial charge in [-0.25, -0.2) is 4.79 Å². The summed E-state index contributed by atoms with van der Waals surface area (Å²) in [4.78, 5) is 11.9. The molecule has 0 radical (unpaired) electrons. The van der Waals surface area contributed by atoms with Gasteiger partial charge in [0, 0.05) is 24.1 Å². The fourth-order valence-corrected chi connectivity index (χ4v) is 3.33. The Balaban J connectivity index is 2.11. The maximum Gasteiger partial charge on any atom is 0.371 e. The lowest BCUT2D eigenvalue weighted by molar-refractivity contribution is 0.0696. The maximum absolute atomic E-state index is 11.9. The summed E-state index contributed by atoms with van der Waals surface area (Å²) in [6.45, 7) is 8.63. The molecule has 2 aliphatic rings. The first-order valence-electron chi connectivity index (χ1n) is 8.98. The van der Waals surface area contributed by atoms with Crippen molar-refractivity contribution in [1.29, 1.82) is 1.43 Å².